The summed E-state index contributed by atoms with van der Waals surface area (Å²) in [5.74, 6) is -0.389. The van der Waals surface area contributed by atoms with Gasteiger partial charge in [0.05, 0.1) is 24.0 Å². The SMILES string of the molecule is COc1cccc2c(=O)c3c(O)cc(OCC(=O)N[C@H]4CCS(=O)(=O)C4)cc3oc12. The molecule has 1 amide bonds. The second kappa shape index (κ2) is 7.52. The monoisotopic (exact) mass is 433 g/mol. The molecule has 1 saturated heterocycles. The number of phenols is 1. The summed E-state index contributed by atoms with van der Waals surface area (Å²) in [5.41, 5.74) is -0.113. The van der Waals surface area contributed by atoms with Gasteiger partial charge < -0.3 is 24.3 Å². The van der Waals surface area contributed by atoms with Gasteiger partial charge in [0.2, 0.25) is 5.43 Å². The lowest BCUT2D eigenvalue weighted by atomic mass is 10.1. The van der Waals surface area contributed by atoms with Gasteiger partial charge in [-0.2, -0.15) is 0 Å². The number of phenolic OH excluding ortho intramolecular Hbond substituents is 1. The molecular weight excluding hydrogens is 414 g/mol. The molecule has 1 aliphatic rings. The van der Waals surface area contributed by atoms with Gasteiger partial charge in [0.25, 0.3) is 5.91 Å². The van der Waals surface area contributed by atoms with Crippen LogP contribution in [0.25, 0.3) is 21.9 Å². The van der Waals surface area contributed by atoms with Gasteiger partial charge in [0, 0.05) is 18.2 Å². The molecule has 0 saturated carbocycles. The van der Waals surface area contributed by atoms with Crippen molar-refractivity contribution in [1.29, 1.82) is 0 Å². The normalized spacial score (nSPS) is 17.8. The van der Waals surface area contributed by atoms with E-state index in [1.807, 2.05) is 0 Å². The van der Waals surface area contributed by atoms with Crippen molar-refractivity contribution in [2.24, 2.45) is 0 Å². The lowest BCUT2D eigenvalue weighted by molar-refractivity contribution is -0.123. The number of rotatable bonds is 5. The van der Waals surface area contributed by atoms with Gasteiger partial charge in [0.1, 0.15) is 22.5 Å². The fourth-order valence-corrected chi connectivity index (χ4v) is 5.17. The lowest BCUT2D eigenvalue weighted by Crippen LogP contribution is -2.38. The van der Waals surface area contributed by atoms with Gasteiger partial charge >= 0.3 is 0 Å². The smallest absolute Gasteiger partial charge is 0.258 e. The highest BCUT2D eigenvalue weighted by Crippen LogP contribution is 2.33. The molecule has 1 aliphatic heterocycles. The number of carbonyl (C=O) groups is 1. The molecule has 0 unspecified atom stereocenters. The maximum Gasteiger partial charge on any atom is 0.258 e. The van der Waals surface area contributed by atoms with Crippen molar-refractivity contribution in [2.75, 3.05) is 25.2 Å². The molecule has 1 aromatic heterocycles. The van der Waals surface area contributed by atoms with Crippen molar-refractivity contribution in [3.63, 3.8) is 0 Å². The van der Waals surface area contributed by atoms with E-state index >= 15 is 0 Å². The minimum Gasteiger partial charge on any atom is -0.507 e. The Labute approximate surface area is 171 Å². The van der Waals surface area contributed by atoms with Crippen LogP contribution in [0.15, 0.2) is 39.5 Å². The van der Waals surface area contributed by atoms with Crippen LogP contribution in [-0.4, -0.2) is 50.7 Å². The molecule has 1 fully saturated rings. The minimum absolute atomic E-state index is 0.0104. The number of ether oxygens (including phenoxy) is 2. The summed E-state index contributed by atoms with van der Waals surface area (Å²) in [4.78, 5) is 24.8. The van der Waals surface area contributed by atoms with E-state index in [9.17, 15) is 23.1 Å². The highest BCUT2D eigenvalue weighted by atomic mass is 32.2. The Bertz CT molecular complexity index is 1310. The Kier molecular flexibility index (Phi) is 5.02. The molecule has 1 atom stereocenters. The van der Waals surface area contributed by atoms with Gasteiger partial charge in [-0.05, 0) is 18.6 Å². The van der Waals surface area contributed by atoms with Crippen LogP contribution in [-0.2, 0) is 14.6 Å². The molecule has 30 heavy (non-hydrogen) atoms. The second-order valence-electron chi connectivity index (χ2n) is 7.04. The van der Waals surface area contributed by atoms with E-state index in [0.29, 0.717) is 12.2 Å². The van der Waals surface area contributed by atoms with E-state index in [4.69, 9.17) is 13.9 Å². The van der Waals surface area contributed by atoms with E-state index in [0.717, 1.165) is 0 Å². The third-order valence-electron chi connectivity index (χ3n) is 4.90. The van der Waals surface area contributed by atoms with Crippen molar-refractivity contribution in [2.45, 2.75) is 12.5 Å². The van der Waals surface area contributed by atoms with Gasteiger partial charge in [-0.3, -0.25) is 9.59 Å². The van der Waals surface area contributed by atoms with Gasteiger partial charge in [-0.15, -0.1) is 0 Å². The van der Waals surface area contributed by atoms with E-state index < -0.39 is 27.2 Å². The zero-order valence-electron chi connectivity index (χ0n) is 16.0. The molecule has 10 heteroatoms. The Hall–Kier alpha value is -3.27. The third-order valence-corrected chi connectivity index (χ3v) is 6.67. The van der Waals surface area contributed by atoms with Crippen LogP contribution in [0.4, 0.5) is 0 Å². The third kappa shape index (κ3) is 3.78. The Morgan fingerprint density at radius 1 is 1.33 bits per heavy atom. The van der Waals surface area contributed by atoms with Gasteiger partial charge in [-0.1, -0.05) is 6.07 Å². The number of carbonyl (C=O) groups excluding carboxylic acids is 1. The fraction of sp³-hybridized carbons (Fsp3) is 0.300. The maximum absolute atomic E-state index is 12.8. The quantitative estimate of drug-likeness (QED) is 0.576. The number of nitrogens with one attached hydrogen (secondary N) is 1. The van der Waals surface area contributed by atoms with E-state index in [1.165, 1.54) is 19.2 Å². The number of para-hydroxylation sites is 1. The van der Waals surface area contributed by atoms with Crippen LogP contribution >= 0.6 is 0 Å². The Morgan fingerprint density at radius 2 is 2.13 bits per heavy atom. The molecule has 0 bridgehead atoms. The molecule has 2 N–H and O–H groups in total. The molecular formula is C20H19NO8S. The Balaban J connectivity index is 1.59. The second-order valence-corrected chi connectivity index (χ2v) is 9.27. The number of benzene rings is 2. The maximum atomic E-state index is 12.8. The molecule has 4 rings (SSSR count). The van der Waals surface area contributed by atoms with Crippen LogP contribution < -0.4 is 20.2 Å². The first kappa shape index (κ1) is 20.0. The average Bonchev–Trinajstić information content (AvgIpc) is 3.04. The molecule has 9 nitrogen and oxygen atoms in total. The summed E-state index contributed by atoms with van der Waals surface area (Å²) in [5, 5.41) is 13.2. The molecule has 0 radical (unpaired) electrons. The number of hydrogen-bond acceptors (Lipinski definition) is 8. The van der Waals surface area contributed by atoms with Gasteiger partial charge in [0.15, 0.2) is 27.8 Å². The van der Waals surface area contributed by atoms with Crippen LogP contribution in [0.3, 0.4) is 0 Å². The topological polar surface area (TPSA) is 132 Å². The summed E-state index contributed by atoms with van der Waals surface area (Å²) in [6, 6.07) is 7.04. The average molecular weight is 433 g/mol. The van der Waals surface area contributed by atoms with Crippen molar-refractivity contribution >= 4 is 37.7 Å². The first-order chi connectivity index (χ1) is 14.3. The van der Waals surface area contributed by atoms with Crippen molar-refractivity contribution in [1.82, 2.24) is 5.32 Å². The Morgan fingerprint density at radius 3 is 2.83 bits per heavy atom. The summed E-state index contributed by atoms with van der Waals surface area (Å²) in [6.45, 7) is -0.386. The number of sulfone groups is 1. The predicted octanol–water partition coefficient (Wildman–Crippen LogP) is 1.34. The first-order valence-electron chi connectivity index (χ1n) is 9.16. The van der Waals surface area contributed by atoms with E-state index in [1.54, 1.807) is 18.2 Å². The van der Waals surface area contributed by atoms with E-state index in [-0.39, 0.29) is 51.6 Å². The molecule has 2 heterocycles. The van der Waals surface area contributed by atoms with Crippen LogP contribution in [0.2, 0.25) is 0 Å². The summed E-state index contributed by atoms with van der Waals surface area (Å²) >= 11 is 0. The number of fused-ring (bicyclic) bond motifs is 2. The van der Waals surface area contributed by atoms with Crippen LogP contribution in [0.1, 0.15) is 6.42 Å². The molecule has 3 aromatic rings. The van der Waals surface area contributed by atoms with Gasteiger partial charge in [-0.25, -0.2) is 8.42 Å². The lowest BCUT2D eigenvalue weighted by Gasteiger charge is -2.12. The number of amides is 1. The van der Waals surface area contributed by atoms with E-state index in [2.05, 4.69) is 5.32 Å². The predicted molar refractivity (Wildman–Crippen MR) is 109 cm³/mol. The summed E-state index contributed by atoms with van der Waals surface area (Å²) in [6.07, 6.45) is 0.366. The highest BCUT2D eigenvalue weighted by molar-refractivity contribution is 7.91. The van der Waals surface area contributed by atoms with Crippen molar-refractivity contribution < 1.29 is 32.2 Å². The van der Waals surface area contributed by atoms with Crippen molar-refractivity contribution in [3.8, 4) is 17.2 Å². The molecule has 158 valence electrons. The van der Waals surface area contributed by atoms with Crippen LogP contribution in [0, 0.1) is 0 Å². The first-order valence-corrected chi connectivity index (χ1v) is 11.0. The fourth-order valence-electron chi connectivity index (χ4n) is 3.50. The summed E-state index contributed by atoms with van der Waals surface area (Å²) < 4.78 is 39.4. The van der Waals surface area contributed by atoms with Crippen molar-refractivity contribution in [3.05, 3.63) is 40.6 Å². The number of hydrogen-bond donors (Lipinski definition) is 2. The molecule has 2 aromatic carbocycles. The zero-order valence-corrected chi connectivity index (χ0v) is 16.8. The highest BCUT2D eigenvalue weighted by Gasteiger charge is 2.29. The van der Waals surface area contributed by atoms with Crippen LogP contribution in [0.5, 0.6) is 17.2 Å². The largest absolute Gasteiger partial charge is 0.507 e. The molecule has 0 aliphatic carbocycles. The number of methoxy groups -OCH3 is 1. The zero-order chi connectivity index (χ0) is 21.5. The summed E-state index contributed by atoms with van der Waals surface area (Å²) in [7, 11) is -1.66. The number of aromatic hydroxyl groups is 1. The standard InChI is InChI=1S/C20H19NO8S/c1-27-15-4-2-3-13-19(24)18-14(22)7-12(8-16(18)29-20(13)15)28-9-17(23)21-11-5-6-30(25,26)10-11/h2-4,7-8,11,22H,5-6,9-10H2,1H3,(H,21,23)/t11-/m0/s1. The molecule has 0 spiro atoms. The minimum atomic E-state index is -3.11.